The van der Waals surface area contributed by atoms with E-state index in [2.05, 4.69) is 24.5 Å². The lowest BCUT2D eigenvalue weighted by atomic mass is 9.94. The predicted molar refractivity (Wildman–Crippen MR) is 61.5 cm³/mol. The molecule has 0 saturated carbocycles. The van der Waals surface area contributed by atoms with Crippen LogP contribution in [0.3, 0.4) is 0 Å². The van der Waals surface area contributed by atoms with Crippen molar-refractivity contribution >= 4 is 5.91 Å². The van der Waals surface area contributed by atoms with Crippen LogP contribution in [0.15, 0.2) is 0 Å². The summed E-state index contributed by atoms with van der Waals surface area (Å²) in [6.45, 7) is 6.48. The number of amides is 1. The molecule has 0 aliphatic carbocycles. The Balaban J connectivity index is 2.32. The second-order valence-electron chi connectivity index (χ2n) is 4.48. The molecular formula is C11H23N3O. The van der Waals surface area contributed by atoms with Gasteiger partial charge in [0.15, 0.2) is 0 Å². The Morgan fingerprint density at radius 1 is 1.53 bits per heavy atom. The fraction of sp³-hybridized carbons (Fsp3) is 0.909. The molecule has 0 radical (unpaired) electrons. The molecule has 1 heterocycles. The van der Waals surface area contributed by atoms with Gasteiger partial charge >= 0.3 is 0 Å². The highest BCUT2D eigenvalue weighted by Crippen LogP contribution is 2.11. The second-order valence-corrected chi connectivity index (χ2v) is 4.48. The molecule has 15 heavy (non-hydrogen) atoms. The molecule has 1 unspecified atom stereocenters. The summed E-state index contributed by atoms with van der Waals surface area (Å²) in [5, 5.41) is 6.15. The minimum Gasteiger partial charge on any atom is -0.354 e. The van der Waals surface area contributed by atoms with E-state index in [0.717, 1.165) is 32.4 Å². The Hall–Kier alpha value is -0.610. The molecule has 4 N–H and O–H groups in total. The quantitative estimate of drug-likeness (QED) is 0.612. The maximum absolute atomic E-state index is 11.7. The number of hydrogen-bond acceptors (Lipinski definition) is 3. The Kier molecular flexibility index (Phi) is 4.54. The van der Waals surface area contributed by atoms with Gasteiger partial charge in [-0.05, 0) is 25.8 Å². The molecule has 4 heteroatoms. The van der Waals surface area contributed by atoms with Crippen LogP contribution < -0.4 is 16.4 Å². The Morgan fingerprint density at radius 3 is 2.67 bits per heavy atom. The van der Waals surface area contributed by atoms with Gasteiger partial charge in [-0.15, -0.1) is 0 Å². The largest absolute Gasteiger partial charge is 0.354 e. The van der Waals surface area contributed by atoms with Crippen LogP contribution >= 0.6 is 0 Å². The van der Waals surface area contributed by atoms with Gasteiger partial charge in [-0.2, -0.15) is 0 Å². The summed E-state index contributed by atoms with van der Waals surface area (Å²) in [4.78, 5) is 11.7. The highest BCUT2D eigenvalue weighted by Gasteiger charge is 2.25. The summed E-state index contributed by atoms with van der Waals surface area (Å²) in [5.41, 5.74) is 5.88. The smallest absolute Gasteiger partial charge is 0.224 e. The predicted octanol–water partition coefficient (Wildman–Crippen LogP) is 0.230. The van der Waals surface area contributed by atoms with Crippen molar-refractivity contribution in [1.29, 1.82) is 0 Å². The van der Waals surface area contributed by atoms with Crippen LogP contribution in [-0.2, 0) is 4.79 Å². The molecule has 88 valence electrons. The number of hydrogen-bond donors (Lipinski definition) is 3. The average Bonchev–Trinajstić information content (AvgIpc) is 2.79. The van der Waals surface area contributed by atoms with Crippen LogP contribution in [-0.4, -0.2) is 31.1 Å². The van der Waals surface area contributed by atoms with Crippen LogP contribution in [0, 0.1) is 5.92 Å². The second kappa shape index (κ2) is 5.47. The number of nitrogens with one attached hydrogen (secondary N) is 2. The third-order valence-corrected chi connectivity index (χ3v) is 3.45. The van der Waals surface area contributed by atoms with E-state index in [1.165, 1.54) is 0 Å². The lowest BCUT2D eigenvalue weighted by Crippen LogP contribution is -2.50. The minimum atomic E-state index is -0.234. The summed E-state index contributed by atoms with van der Waals surface area (Å²) < 4.78 is 0. The first-order chi connectivity index (χ1) is 7.11. The monoisotopic (exact) mass is 213 g/mol. The van der Waals surface area contributed by atoms with E-state index in [1.54, 1.807) is 0 Å². The van der Waals surface area contributed by atoms with Gasteiger partial charge < -0.3 is 16.4 Å². The SMILES string of the molecule is CCC(N)(CC)CNC(=O)C1CCNC1. The third kappa shape index (κ3) is 3.47. The van der Waals surface area contributed by atoms with Gasteiger partial charge in [0.2, 0.25) is 5.91 Å². The molecule has 1 fully saturated rings. The van der Waals surface area contributed by atoms with Crippen LogP contribution in [0.25, 0.3) is 0 Å². The molecule has 0 aromatic heterocycles. The summed E-state index contributed by atoms with van der Waals surface area (Å²) in [6.07, 6.45) is 2.74. The van der Waals surface area contributed by atoms with Crippen LogP contribution in [0.5, 0.6) is 0 Å². The van der Waals surface area contributed by atoms with E-state index in [9.17, 15) is 4.79 Å². The van der Waals surface area contributed by atoms with E-state index in [4.69, 9.17) is 5.73 Å². The lowest BCUT2D eigenvalue weighted by molar-refractivity contribution is -0.124. The Bertz CT molecular complexity index is 208. The van der Waals surface area contributed by atoms with Gasteiger partial charge in [0, 0.05) is 18.6 Å². The Morgan fingerprint density at radius 2 is 2.20 bits per heavy atom. The molecule has 1 aliphatic rings. The van der Waals surface area contributed by atoms with Crippen molar-refractivity contribution in [3.05, 3.63) is 0 Å². The zero-order chi connectivity index (χ0) is 11.3. The van der Waals surface area contributed by atoms with Gasteiger partial charge in [-0.3, -0.25) is 4.79 Å². The van der Waals surface area contributed by atoms with Crippen molar-refractivity contribution in [3.8, 4) is 0 Å². The lowest BCUT2D eigenvalue weighted by Gasteiger charge is -2.27. The number of carbonyl (C=O) groups is 1. The average molecular weight is 213 g/mol. The van der Waals surface area contributed by atoms with E-state index in [1.807, 2.05) is 0 Å². The molecule has 0 aromatic carbocycles. The van der Waals surface area contributed by atoms with Gasteiger partial charge in [0.25, 0.3) is 0 Å². The molecule has 1 atom stereocenters. The normalized spacial score (nSPS) is 21.7. The zero-order valence-electron chi connectivity index (χ0n) is 9.81. The standard InChI is InChI=1S/C11H23N3O/c1-3-11(12,4-2)8-14-10(15)9-5-6-13-7-9/h9,13H,3-8,12H2,1-2H3,(H,14,15). The number of carbonyl (C=O) groups excluding carboxylic acids is 1. The summed E-state index contributed by atoms with van der Waals surface area (Å²) in [7, 11) is 0. The number of nitrogens with two attached hydrogens (primary N) is 1. The summed E-state index contributed by atoms with van der Waals surface area (Å²) in [6, 6.07) is 0. The van der Waals surface area contributed by atoms with E-state index in [-0.39, 0.29) is 17.4 Å². The molecule has 0 aromatic rings. The van der Waals surface area contributed by atoms with E-state index in [0.29, 0.717) is 6.54 Å². The maximum atomic E-state index is 11.7. The van der Waals surface area contributed by atoms with Crippen molar-refractivity contribution < 1.29 is 4.79 Å². The first kappa shape index (κ1) is 12.5. The van der Waals surface area contributed by atoms with Crippen molar-refractivity contribution in [2.24, 2.45) is 11.7 Å². The van der Waals surface area contributed by atoms with Gasteiger partial charge in [0.05, 0.1) is 5.92 Å². The number of rotatable bonds is 5. The summed E-state index contributed by atoms with van der Waals surface area (Å²) >= 11 is 0. The van der Waals surface area contributed by atoms with Crippen molar-refractivity contribution in [3.63, 3.8) is 0 Å². The van der Waals surface area contributed by atoms with Crippen LogP contribution in [0.1, 0.15) is 33.1 Å². The van der Waals surface area contributed by atoms with Gasteiger partial charge in [0.1, 0.15) is 0 Å². The van der Waals surface area contributed by atoms with Gasteiger partial charge in [-0.1, -0.05) is 13.8 Å². The van der Waals surface area contributed by atoms with Crippen molar-refractivity contribution in [2.75, 3.05) is 19.6 Å². The Labute approximate surface area is 92.0 Å². The van der Waals surface area contributed by atoms with Crippen molar-refractivity contribution in [2.45, 2.75) is 38.6 Å². The van der Waals surface area contributed by atoms with E-state index >= 15 is 0 Å². The first-order valence-electron chi connectivity index (χ1n) is 5.88. The summed E-state index contributed by atoms with van der Waals surface area (Å²) in [5.74, 6) is 0.291. The molecule has 1 saturated heterocycles. The van der Waals surface area contributed by atoms with Crippen molar-refractivity contribution in [1.82, 2.24) is 10.6 Å². The van der Waals surface area contributed by atoms with Crippen LogP contribution in [0.2, 0.25) is 0 Å². The highest BCUT2D eigenvalue weighted by molar-refractivity contribution is 5.79. The first-order valence-corrected chi connectivity index (χ1v) is 5.88. The molecule has 0 spiro atoms. The van der Waals surface area contributed by atoms with Crippen LogP contribution in [0.4, 0.5) is 0 Å². The molecule has 4 nitrogen and oxygen atoms in total. The molecule has 1 amide bonds. The third-order valence-electron chi connectivity index (χ3n) is 3.45. The fourth-order valence-electron chi connectivity index (χ4n) is 1.79. The fourth-order valence-corrected chi connectivity index (χ4v) is 1.79. The van der Waals surface area contributed by atoms with Gasteiger partial charge in [-0.25, -0.2) is 0 Å². The molecule has 1 rings (SSSR count). The molecular weight excluding hydrogens is 190 g/mol. The minimum absolute atomic E-state index is 0.142. The highest BCUT2D eigenvalue weighted by atomic mass is 16.1. The topological polar surface area (TPSA) is 67.1 Å². The molecule has 1 aliphatic heterocycles. The molecule has 0 bridgehead atoms. The zero-order valence-corrected chi connectivity index (χ0v) is 9.81. The maximum Gasteiger partial charge on any atom is 0.224 e. The van der Waals surface area contributed by atoms with E-state index < -0.39 is 0 Å².